The van der Waals surface area contributed by atoms with Gasteiger partial charge in [-0.15, -0.1) is 0 Å². The summed E-state index contributed by atoms with van der Waals surface area (Å²) >= 11 is 0. The summed E-state index contributed by atoms with van der Waals surface area (Å²) < 4.78 is 0. The highest BCUT2D eigenvalue weighted by Crippen LogP contribution is 2.05. The van der Waals surface area contributed by atoms with Crippen LogP contribution in [0.1, 0.15) is 20.3 Å². The molecule has 56 valence electrons. The second-order valence-electron chi connectivity index (χ2n) is 1.75. The van der Waals surface area contributed by atoms with Crippen molar-refractivity contribution >= 4 is 13.1 Å². The molecule has 0 spiro atoms. The Morgan fingerprint density at radius 2 is 2.40 bits per heavy atom. The zero-order chi connectivity index (χ0) is 7.98. The normalized spacial score (nSPS) is 10.8. The number of nitrogens with one attached hydrogen (secondary N) is 1. The number of hydrogen-bond acceptors (Lipinski definition) is 2. The Hall–Kier alpha value is -1.12. The molecular weight excluding hydrogens is 126 g/mol. The first-order valence-corrected chi connectivity index (χ1v) is 3.21. The van der Waals surface area contributed by atoms with Crippen molar-refractivity contribution in [2.24, 2.45) is 5.10 Å². The highest BCUT2D eigenvalue weighted by molar-refractivity contribution is 5.54. The van der Waals surface area contributed by atoms with Crippen molar-refractivity contribution in [1.82, 2.24) is 5.01 Å². The second kappa shape index (κ2) is 4.73. The molecule has 0 fully saturated rings. The molecule has 0 atom stereocenters. The third kappa shape index (κ3) is 2.01. The van der Waals surface area contributed by atoms with Crippen molar-refractivity contribution in [3.8, 4) is 0 Å². The van der Waals surface area contributed by atoms with Crippen molar-refractivity contribution < 1.29 is 0 Å². The molecule has 0 aromatic carbocycles. The summed E-state index contributed by atoms with van der Waals surface area (Å²) in [5.74, 6) is 0. The first-order valence-electron chi connectivity index (χ1n) is 3.21. The molecule has 0 aromatic rings. The third-order valence-electron chi connectivity index (χ3n) is 1.26. The third-order valence-corrected chi connectivity index (χ3v) is 1.26. The van der Waals surface area contributed by atoms with E-state index in [-0.39, 0.29) is 0 Å². The molecule has 0 bridgehead atoms. The van der Waals surface area contributed by atoms with E-state index >= 15 is 0 Å². The van der Waals surface area contributed by atoms with Gasteiger partial charge in [-0.3, -0.25) is 5.41 Å². The van der Waals surface area contributed by atoms with E-state index in [4.69, 9.17) is 5.41 Å². The average molecular weight is 139 g/mol. The molecule has 0 aliphatic heterocycles. The fourth-order valence-corrected chi connectivity index (χ4v) is 0.713. The Kier molecular flexibility index (Phi) is 4.20. The SMILES string of the molecule is C=NN(C=N)/C(=C\C)CC. The van der Waals surface area contributed by atoms with Crippen LogP contribution in [0.5, 0.6) is 0 Å². The van der Waals surface area contributed by atoms with Crippen LogP contribution in [0.2, 0.25) is 0 Å². The van der Waals surface area contributed by atoms with E-state index in [2.05, 4.69) is 11.8 Å². The average Bonchev–Trinajstić information content (AvgIpc) is 2.00. The van der Waals surface area contributed by atoms with Crippen molar-refractivity contribution in [2.45, 2.75) is 20.3 Å². The summed E-state index contributed by atoms with van der Waals surface area (Å²) in [6.45, 7) is 7.26. The van der Waals surface area contributed by atoms with Crippen LogP contribution >= 0.6 is 0 Å². The number of hydrogen-bond donors (Lipinski definition) is 1. The lowest BCUT2D eigenvalue weighted by molar-refractivity contribution is 0.546. The fourth-order valence-electron chi connectivity index (χ4n) is 0.713. The van der Waals surface area contributed by atoms with Gasteiger partial charge in [-0.05, 0) is 13.3 Å². The Labute approximate surface area is 61.5 Å². The molecule has 0 rings (SSSR count). The molecule has 10 heavy (non-hydrogen) atoms. The quantitative estimate of drug-likeness (QED) is 0.360. The van der Waals surface area contributed by atoms with E-state index < -0.39 is 0 Å². The zero-order valence-corrected chi connectivity index (χ0v) is 6.46. The molecule has 0 heterocycles. The summed E-state index contributed by atoms with van der Waals surface area (Å²) in [6.07, 6.45) is 3.93. The maximum atomic E-state index is 6.92. The summed E-state index contributed by atoms with van der Waals surface area (Å²) in [5.41, 5.74) is 0.991. The van der Waals surface area contributed by atoms with Crippen LogP contribution in [0.25, 0.3) is 0 Å². The van der Waals surface area contributed by atoms with Gasteiger partial charge in [0, 0.05) is 12.4 Å². The van der Waals surface area contributed by atoms with Crippen LogP contribution in [0.3, 0.4) is 0 Å². The van der Waals surface area contributed by atoms with E-state index in [0.29, 0.717) is 0 Å². The number of nitrogens with zero attached hydrogens (tertiary/aromatic N) is 2. The largest absolute Gasteiger partial charge is 0.289 e. The van der Waals surface area contributed by atoms with Gasteiger partial charge in [0.05, 0.1) is 0 Å². The minimum Gasteiger partial charge on any atom is -0.289 e. The molecule has 0 saturated carbocycles. The van der Waals surface area contributed by atoms with Crippen molar-refractivity contribution in [2.75, 3.05) is 0 Å². The molecule has 0 saturated heterocycles. The van der Waals surface area contributed by atoms with Gasteiger partial charge in [-0.2, -0.15) is 5.10 Å². The van der Waals surface area contributed by atoms with Gasteiger partial charge in [0.15, 0.2) is 0 Å². The van der Waals surface area contributed by atoms with E-state index in [9.17, 15) is 0 Å². The van der Waals surface area contributed by atoms with Crippen LogP contribution in [-0.2, 0) is 0 Å². The Bertz CT molecular complexity index is 141. The predicted molar refractivity (Wildman–Crippen MR) is 44.2 cm³/mol. The lowest BCUT2D eigenvalue weighted by Crippen LogP contribution is -2.12. The zero-order valence-electron chi connectivity index (χ0n) is 6.46. The summed E-state index contributed by atoms with van der Waals surface area (Å²) in [7, 11) is 0. The Morgan fingerprint density at radius 3 is 2.50 bits per heavy atom. The van der Waals surface area contributed by atoms with Gasteiger partial charge >= 0.3 is 0 Å². The molecule has 1 N–H and O–H groups in total. The minimum atomic E-state index is 0.866. The smallest absolute Gasteiger partial charge is 0.108 e. The number of allylic oxidation sites excluding steroid dienone is 2. The molecule has 0 aliphatic rings. The van der Waals surface area contributed by atoms with Gasteiger partial charge in [0.2, 0.25) is 0 Å². The highest BCUT2D eigenvalue weighted by Gasteiger charge is 1.98. The van der Waals surface area contributed by atoms with Crippen molar-refractivity contribution in [3.05, 3.63) is 11.8 Å². The van der Waals surface area contributed by atoms with Crippen LogP contribution in [0.15, 0.2) is 16.9 Å². The van der Waals surface area contributed by atoms with Gasteiger partial charge in [-0.1, -0.05) is 13.0 Å². The molecule has 0 aromatic heterocycles. The Morgan fingerprint density at radius 1 is 1.80 bits per heavy atom. The minimum absolute atomic E-state index is 0.866. The molecule has 3 nitrogen and oxygen atoms in total. The first kappa shape index (κ1) is 8.88. The van der Waals surface area contributed by atoms with Crippen LogP contribution < -0.4 is 0 Å². The molecular formula is C7H13N3. The highest BCUT2D eigenvalue weighted by atomic mass is 15.4. The van der Waals surface area contributed by atoms with E-state index in [0.717, 1.165) is 18.5 Å². The molecule has 0 radical (unpaired) electrons. The summed E-state index contributed by atoms with van der Waals surface area (Å²) in [4.78, 5) is 0. The molecule has 0 unspecified atom stereocenters. The maximum Gasteiger partial charge on any atom is 0.108 e. The Balaban J connectivity index is 4.24. The summed E-state index contributed by atoms with van der Waals surface area (Å²) in [5, 5.41) is 12.0. The van der Waals surface area contributed by atoms with Gasteiger partial charge in [0.25, 0.3) is 0 Å². The first-order chi connectivity index (χ1) is 4.79. The summed E-state index contributed by atoms with van der Waals surface area (Å²) in [6, 6.07) is 0. The fraction of sp³-hybridized carbons (Fsp3) is 0.429. The molecule has 3 heteroatoms. The topological polar surface area (TPSA) is 39.5 Å². The van der Waals surface area contributed by atoms with Crippen LogP contribution in [-0.4, -0.2) is 18.1 Å². The van der Waals surface area contributed by atoms with Gasteiger partial charge in [-0.25, -0.2) is 5.01 Å². The number of hydrazone groups is 1. The molecule has 0 aliphatic carbocycles. The predicted octanol–water partition coefficient (Wildman–Crippen LogP) is 1.82. The van der Waals surface area contributed by atoms with Crippen molar-refractivity contribution in [1.29, 1.82) is 5.41 Å². The van der Waals surface area contributed by atoms with Gasteiger partial charge in [0.1, 0.15) is 6.34 Å². The van der Waals surface area contributed by atoms with Crippen LogP contribution in [0.4, 0.5) is 0 Å². The second-order valence-corrected chi connectivity index (χ2v) is 1.75. The lowest BCUT2D eigenvalue weighted by atomic mass is 10.3. The van der Waals surface area contributed by atoms with Crippen LogP contribution in [0, 0.1) is 5.41 Å². The van der Waals surface area contributed by atoms with E-state index in [1.807, 2.05) is 19.9 Å². The standard InChI is InChI=1S/C7H13N3/c1-4-7(5-2)10(6-8)9-3/h4,6,8H,3,5H2,1-2H3/b7-4-,8-6?. The lowest BCUT2D eigenvalue weighted by Gasteiger charge is -2.13. The van der Waals surface area contributed by atoms with Gasteiger partial charge < -0.3 is 0 Å². The number of rotatable bonds is 4. The van der Waals surface area contributed by atoms with Crippen molar-refractivity contribution in [3.63, 3.8) is 0 Å². The van der Waals surface area contributed by atoms with E-state index in [1.165, 1.54) is 5.01 Å². The molecule has 0 amide bonds. The monoisotopic (exact) mass is 139 g/mol. The van der Waals surface area contributed by atoms with E-state index in [1.54, 1.807) is 0 Å². The maximum absolute atomic E-state index is 6.92.